The van der Waals surface area contributed by atoms with Crippen LogP contribution in [0, 0.1) is 0 Å². The van der Waals surface area contributed by atoms with Gasteiger partial charge in [-0.25, -0.2) is 4.98 Å². The summed E-state index contributed by atoms with van der Waals surface area (Å²) in [6.07, 6.45) is 6.62. The Morgan fingerprint density at radius 3 is 2.89 bits per heavy atom. The van der Waals surface area contributed by atoms with E-state index < -0.39 is 0 Å². The molecule has 2 atom stereocenters. The quantitative estimate of drug-likeness (QED) is 0.873. The SMILES string of the molecule is CN(CC(=O)Nc1nccs1)C1CC2CCC(C1)N2. The van der Waals surface area contributed by atoms with Crippen molar-refractivity contribution in [3.8, 4) is 0 Å². The smallest absolute Gasteiger partial charge is 0.240 e. The molecule has 2 saturated heterocycles. The molecule has 1 amide bonds. The monoisotopic (exact) mass is 280 g/mol. The third-order valence-electron chi connectivity index (χ3n) is 4.14. The third-order valence-corrected chi connectivity index (χ3v) is 4.83. The van der Waals surface area contributed by atoms with Crippen LogP contribution in [-0.2, 0) is 4.79 Å². The second-order valence-corrected chi connectivity index (χ2v) is 6.46. The fourth-order valence-electron chi connectivity index (χ4n) is 3.19. The molecule has 2 aliphatic rings. The van der Waals surface area contributed by atoms with Crippen LogP contribution in [0.15, 0.2) is 11.6 Å². The van der Waals surface area contributed by atoms with Crippen molar-refractivity contribution in [1.82, 2.24) is 15.2 Å². The van der Waals surface area contributed by atoms with Gasteiger partial charge in [-0.2, -0.15) is 0 Å². The number of nitrogens with zero attached hydrogens (tertiary/aromatic N) is 2. The Balaban J connectivity index is 1.50. The largest absolute Gasteiger partial charge is 0.311 e. The van der Waals surface area contributed by atoms with Crippen LogP contribution in [0.1, 0.15) is 25.7 Å². The number of aromatic nitrogens is 1. The van der Waals surface area contributed by atoms with Gasteiger partial charge in [-0.15, -0.1) is 11.3 Å². The lowest BCUT2D eigenvalue weighted by molar-refractivity contribution is -0.117. The summed E-state index contributed by atoms with van der Waals surface area (Å²) in [4.78, 5) is 18.2. The normalized spacial score (nSPS) is 29.7. The molecule has 1 aromatic heterocycles. The number of anilines is 1. The summed E-state index contributed by atoms with van der Waals surface area (Å²) < 4.78 is 0. The maximum absolute atomic E-state index is 11.9. The molecule has 104 valence electrons. The van der Waals surface area contributed by atoms with Crippen LogP contribution in [0.5, 0.6) is 0 Å². The molecule has 1 aromatic rings. The van der Waals surface area contributed by atoms with E-state index in [9.17, 15) is 4.79 Å². The minimum Gasteiger partial charge on any atom is -0.311 e. The van der Waals surface area contributed by atoms with E-state index in [0.29, 0.717) is 29.8 Å². The van der Waals surface area contributed by atoms with E-state index >= 15 is 0 Å². The van der Waals surface area contributed by atoms with E-state index in [-0.39, 0.29) is 5.91 Å². The van der Waals surface area contributed by atoms with Crippen LogP contribution in [0.2, 0.25) is 0 Å². The van der Waals surface area contributed by atoms with E-state index in [1.54, 1.807) is 6.20 Å². The number of fused-ring (bicyclic) bond motifs is 2. The lowest BCUT2D eigenvalue weighted by Gasteiger charge is -2.35. The first-order valence-electron chi connectivity index (χ1n) is 6.86. The molecule has 2 unspecified atom stereocenters. The molecule has 3 heterocycles. The number of piperidine rings is 1. The summed E-state index contributed by atoms with van der Waals surface area (Å²) in [6, 6.07) is 1.85. The van der Waals surface area contributed by atoms with Gasteiger partial charge in [0.2, 0.25) is 5.91 Å². The molecule has 0 aromatic carbocycles. The number of carbonyl (C=O) groups is 1. The number of thiazole rings is 1. The van der Waals surface area contributed by atoms with Gasteiger partial charge >= 0.3 is 0 Å². The minimum absolute atomic E-state index is 0.0309. The van der Waals surface area contributed by atoms with Crippen molar-refractivity contribution in [3.05, 3.63) is 11.6 Å². The zero-order chi connectivity index (χ0) is 13.2. The number of amides is 1. The number of carbonyl (C=O) groups excluding carboxylic acids is 1. The average molecular weight is 280 g/mol. The highest BCUT2D eigenvalue weighted by Gasteiger charge is 2.35. The third kappa shape index (κ3) is 3.13. The van der Waals surface area contributed by atoms with Crippen molar-refractivity contribution in [2.24, 2.45) is 0 Å². The Hall–Kier alpha value is -0.980. The molecule has 0 spiro atoms. The van der Waals surface area contributed by atoms with Crippen LogP contribution >= 0.6 is 11.3 Å². The van der Waals surface area contributed by atoms with Crippen molar-refractivity contribution in [3.63, 3.8) is 0 Å². The highest BCUT2D eigenvalue weighted by molar-refractivity contribution is 7.13. The number of hydrogen-bond acceptors (Lipinski definition) is 5. The molecule has 3 rings (SSSR count). The first-order chi connectivity index (χ1) is 9.20. The molecule has 5 nitrogen and oxygen atoms in total. The fraction of sp³-hybridized carbons (Fsp3) is 0.692. The van der Waals surface area contributed by atoms with Gasteiger partial charge in [0.15, 0.2) is 5.13 Å². The summed E-state index contributed by atoms with van der Waals surface area (Å²) in [7, 11) is 2.05. The second kappa shape index (κ2) is 5.56. The molecule has 6 heteroatoms. The van der Waals surface area contributed by atoms with Crippen LogP contribution in [0.3, 0.4) is 0 Å². The number of nitrogens with one attached hydrogen (secondary N) is 2. The van der Waals surface area contributed by atoms with Crippen LogP contribution in [-0.4, -0.2) is 47.5 Å². The molecular formula is C13H20N4OS. The molecule has 0 radical (unpaired) electrons. The summed E-state index contributed by atoms with van der Waals surface area (Å²) in [5.41, 5.74) is 0. The van der Waals surface area contributed by atoms with Crippen molar-refractivity contribution >= 4 is 22.4 Å². The van der Waals surface area contributed by atoms with Crippen molar-refractivity contribution in [2.45, 2.75) is 43.8 Å². The highest BCUT2D eigenvalue weighted by Crippen LogP contribution is 2.29. The van der Waals surface area contributed by atoms with Crippen molar-refractivity contribution in [2.75, 3.05) is 18.9 Å². The number of hydrogen-bond donors (Lipinski definition) is 2. The predicted octanol–water partition coefficient (Wildman–Crippen LogP) is 1.30. The molecule has 0 saturated carbocycles. The summed E-state index contributed by atoms with van der Waals surface area (Å²) in [6.45, 7) is 0.448. The Morgan fingerprint density at radius 1 is 1.53 bits per heavy atom. The van der Waals surface area contributed by atoms with E-state index in [1.807, 2.05) is 5.38 Å². The zero-order valence-electron chi connectivity index (χ0n) is 11.1. The standard InChI is InChI=1S/C13H20N4OS/c1-17(8-12(18)16-13-14-4-5-19-13)11-6-9-2-3-10(7-11)15-9/h4-5,9-11,15H,2-3,6-8H2,1H3,(H,14,16,18). The van der Waals surface area contributed by atoms with E-state index in [2.05, 4.69) is 27.6 Å². The van der Waals surface area contributed by atoms with Gasteiger partial charge in [-0.1, -0.05) is 0 Å². The molecular weight excluding hydrogens is 260 g/mol. The second-order valence-electron chi connectivity index (χ2n) is 5.56. The molecule has 2 bridgehead atoms. The Bertz CT molecular complexity index is 424. The van der Waals surface area contributed by atoms with E-state index in [4.69, 9.17) is 0 Å². The minimum atomic E-state index is 0.0309. The van der Waals surface area contributed by atoms with Gasteiger partial charge in [0.1, 0.15) is 0 Å². The van der Waals surface area contributed by atoms with Gasteiger partial charge in [-0.05, 0) is 32.7 Å². The van der Waals surface area contributed by atoms with Crippen LogP contribution in [0.4, 0.5) is 5.13 Å². The Kier molecular flexibility index (Phi) is 3.81. The number of likely N-dealkylation sites (N-methyl/N-ethyl adjacent to an activating group) is 1. The van der Waals surface area contributed by atoms with Crippen LogP contribution in [0.25, 0.3) is 0 Å². The lowest BCUT2D eigenvalue weighted by Crippen LogP contribution is -2.48. The first-order valence-corrected chi connectivity index (χ1v) is 7.74. The van der Waals surface area contributed by atoms with Gasteiger partial charge in [-0.3, -0.25) is 9.69 Å². The van der Waals surface area contributed by atoms with E-state index in [1.165, 1.54) is 24.2 Å². The first kappa shape index (κ1) is 13.0. The maximum atomic E-state index is 11.9. The summed E-state index contributed by atoms with van der Waals surface area (Å²) >= 11 is 1.45. The highest BCUT2D eigenvalue weighted by atomic mass is 32.1. The molecule has 2 N–H and O–H groups in total. The lowest BCUT2D eigenvalue weighted by atomic mass is 9.98. The molecule has 19 heavy (non-hydrogen) atoms. The van der Waals surface area contributed by atoms with Gasteiger partial charge < -0.3 is 10.6 Å². The van der Waals surface area contributed by atoms with Gasteiger partial charge in [0, 0.05) is 29.7 Å². The fourth-order valence-corrected chi connectivity index (χ4v) is 3.73. The topological polar surface area (TPSA) is 57.3 Å². The van der Waals surface area contributed by atoms with Gasteiger partial charge in [0.25, 0.3) is 0 Å². The molecule has 2 aliphatic heterocycles. The zero-order valence-corrected chi connectivity index (χ0v) is 11.9. The Morgan fingerprint density at radius 2 is 2.26 bits per heavy atom. The molecule has 2 fully saturated rings. The Labute approximate surface area is 117 Å². The van der Waals surface area contributed by atoms with Crippen LogP contribution < -0.4 is 10.6 Å². The predicted molar refractivity (Wildman–Crippen MR) is 76.3 cm³/mol. The number of rotatable bonds is 4. The molecule has 0 aliphatic carbocycles. The maximum Gasteiger partial charge on any atom is 0.240 e. The average Bonchev–Trinajstić information content (AvgIpc) is 2.99. The summed E-state index contributed by atoms with van der Waals surface area (Å²) in [5.74, 6) is 0.0309. The summed E-state index contributed by atoms with van der Waals surface area (Å²) in [5, 5.41) is 9.02. The van der Waals surface area contributed by atoms with Crippen molar-refractivity contribution in [1.29, 1.82) is 0 Å². The van der Waals surface area contributed by atoms with Gasteiger partial charge in [0.05, 0.1) is 6.54 Å². The van der Waals surface area contributed by atoms with Crippen molar-refractivity contribution < 1.29 is 4.79 Å². The van der Waals surface area contributed by atoms with E-state index in [0.717, 1.165) is 12.8 Å².